The van der Waals surface area contributed by atoms with E-state index in [2.05, 4.69) is 9.97 Å². The average Bonchev–Trinajstić information content (AvgIpc) is 2.70. The van der Waals surface area contributed by atoms with Gasteiger partial charge in [-0.2, -0.15) is 4.31 Å². The molecule has 0 aromatic carbocycles. The zero-order chi connectivity index (χ0) is 14.0. The number of aromatic nitrogens is 3. The van der Waals surface area contributed by atoms with E-state index in [0.29, 0.717) is 0 Å². The molecule has 0 aliphatic rings. The van der Waals surface area contributed by atoms with Gasteiger partial charge in [0.1, 0.15) is 0 Å². The molecule has 0 radical (unpaired) electrons. The van der Waals surface area contributed by atoms with Crippen molar-refractivity contribution in [3.63, 3.8) is 0 Å². The van der Waals surface area contributed by atoms with Crippen LogP contribution < -0.4 is 5.73 Å². The third-order valence-electron chi connectivity index (χ3n) is 2.69. The van der Waals surface area contributed by atoms with Gasteiger partial charge < -0.3 is 10.3 Å². The maximum atomic E-state index is 12.4. The number of sulfonamides is 1. The standard InChI is InChI=1S/C11H15N5O2S/c1-15-8-14-10(12)11(15)19(17,18)16(2)7-9-4-3-5-13-6-9/h3-6,8H,7,12H2,1-2H3. The van der Waals surface area contributed by atoms with Crippen LogP contribution in [-0.2, 0) is 23.6 Å². The van der Waals surface area contributed by atoms with E-state index in [0.717, 1.165) is 5.56 Å². The van der Waals surface area contributed by atoms with Crippen LogP contribution in [0.4, 0.5) is 5.82 Å². The second kappa shape index (κ2) is 4.98. The number of pyridine rings is 1. The molecule has 0 amide bonds. The van der Waals surface area contributed by atoms with Crippen LogP contribution in [0, 0.1) is 0 Å². The molecule has 2 heterocycles. The maximum Gasteiger partial charge on any atom is 0.262 e. The third kappa shape index (κ3) is 2.59. The summed E-state index contributed by atoms with van der Waals surface area (Å²) in [4.78, 5) is 7.75. The van der Waals surface area contributed by atoms with Gasteiger partial charge >= 0.3 is 0 Å². The molecule has 0 saturated heterocycles. The molecule has 0 aliphatic carbocycles. The Morgan fingerprint density at radius 2 is 2.21 bits per heavy atom. The summed E-state index contributed by atoms with van der Waals surface area (Å²) in [6.45, 7) is 0.223. The van der Waals surface area contributed by atoms with E-state index in [-0.39, 0.29) is 17.4 Å². The van der Waals surface area contributed by atoms with Gasteiger partial charge in [0.2, 0.25) is 0 Å². The van der Waals surface area contributed by atoms with Crippen LogP contribution >= 0.6 is 0 Å². The molecule has 2 N–H and O–H groups in total. The van der Waals surface area contributed by atoms with Crippen LogP contribution in [0.2, 0.25) is 0 Å². The number of aryl methyl sites for hydroxylation is 1. The molecule has 2 aromatic heterocycles. The Kier molecular flexibility index (Phi) is 3.54. The van der Waals surface area contributed by atoms with Gasteiger partial charge in [0.05, 0.1) is 6.33 Å². The summed E-state index contributed by atoms with van der Waals surface area (Å²) < 4.78 is 27.4. The first-order chi connectivity index (χ1) is 8.93. The number of hydrogen-bond acceptors (Lipinski definition) is 5. The molecule has 0 aliphatic heterocycles. The summed E-state index contributed by atoms with van der Waals surface area (Å²) in [6.07, 6.45) is 4.63. The summed E-state index contributed by atoms with van der Waals surface area (Å²) in [7, 11) is -0.588. The molecular weight excluding hydrogens is 266 g/mol. The monoisotopic (exact) mass is 281 g/mol. The van der Waals surface area contributed by atoms with Crippen molar-refractivity contribution < 1.29 is 8.42 Å². The van der Waals surface area contributed by atoms with Gasteiger partial charge in [0.25, 0.3) is 10.0 Å². The highest BCUT2D eigenvalue weighted by atomic mass is 32.2. The highest BCUT2D eigenvalue weighted by Crippen LogP contribution is 2.20. The van der Waals surface area contributed by atoms with Crippen LogP contribution in [0.3, 0.4) is 0 Å². The Morgan fingerprint density at radius 3 is 2.74 bits per heavy atom. The normalized spacial score (nSPS) is 11.9. The van der Waals surface area contributed by atoms with Gasteiger partial charge in [-0.1, -0.05) is 6.07 Å². The lowest BCUT2D eigenvalue weighted by atomic mass is 10.3. The minimum atomic E-state index is -3.67. The fourth-order valence-corrected chi connectivity index (χ4v) is 3.07. The fraction of sp³-hybridized carbons (Fsp3) is 0.273. The maximum absolute atomic E-state index is 12.4. The summed E-state index contributed by atoms with van der Waals surface area (Å²) >= 11 is 0. The van der Waals surface area contributed by atoms with E-state index in [1.54, 1.807) is 25.5 Å². The first-order valence-corrected chi connectivity index (χ1v) is 6.99. The van der Waals surface area contributed by atoms with E-state index in [1.807, 2.05) is 6.07 Å². The minimum absolute atomic E-state index is 0.000497. The van der Waals surface area contributed by atoms with Crippen molar-refractivity contribution in [1.29, 1.82) is 0 Å². The molecular formula is C11H15N5O2S. The van der Waals surface area contributed by atoms with E-state index in [1.165, 1.54) is 22.2 Å². The van der Waals surface area contributed by atoms with Crippen molar-refractivity contribution in [3.05, 3.63) is 36.4 Å². The van der Waals surface area contributed by atoms with Crippen molar-refractivity contribution in [3.8, 4) is 0 Å². The van der Waals surface area contributed by atoms with Crippen LogP contribution in [0.5, 0.6) is 0 Å². The first-order valence-electron chi connectivity index (χ1n) is 5.55. The summed E-state index contributed by atoms with van der Waals surface area (Å²) in [5.41, 5.74) is 6.41. The van der Waals surface area contributed by atoms with Crippen LogP contribution in [-0.4, -0.2) is 34.3 Å². The molecule has 0 bridgehead atoms. The van der Waals surface area contributed by atoms with Gasteiger partial charge in [0.15, 0.2) is 10.8 Å². The Bertz CT molecular complexity index is 646. The zero-order valence-electron chi connectivity index (χ0n) is 10.7. The Balaban J connectivity index is 2.30. The van der Waals surface area contributed by atoms with Crippen LogP contribution in [0.15, 0.2) is 35.9 Å². The number of nitrogens with zero attached hydrogens (tertiary/aromatic N) is 4. The number of nitrogen functional groups attached to an aromatic ring is 1. The van der Waals surface area contributed by atoms with Gasteiger partial charge in [-0.05, 0) is 11.6 Å². The van der Waals surface area contributed by atoms with Crippen LogP contribution in [0.25, 0.3) is 0 Å². The highest BCUT2D eigenvalue weighted by molar-refractivity contribution is 7.89. The number of rotatable bonds is 4. The predicted molar refractivity (Wildman–Crippen MR) is 70.5 cm³/mol. The Morgan fingerprint density at radius 1 is 1.47 bits per heavy atom. The molecule has 2 aromatic rings. The van der Waals surface area contributed by atoms with Gasteiger partial charge in [-0.25, -0.2) is 13.4 Å². The lowest BCUT2D eigenvalue weighted by Crippen LogP contribution is -2.28. The topological polar surface area (TPSA) is 94.1 Å². The fourth-order valence-electron chi connectivity index (χ4n) is 1.73. The van der Waals surface area contributed by atoms with Crippen LogP contribution in [0.1, 0.15) is 5.56 Å². The van der Waals surface area contributed by atoms with Gasteiger partial charge in [-0.3, -0.25) is 4.98 Å². The van der Waals surface area contributed by atoms with E-state index < -0.39 is 10.0 Å². The second-order valence-corrected chi connectivity index (χ2v) is 6.13. The lowest BCUT2D eigenvalue weighted by Gasteiger charge is -2.17. The quantitative estimate of drug-likeness (QED) is 0.865. The molecule has 19 heavy (non-hydrogen) atoms. The molecule has 8 heteroatoms. The Labute approximate surface area is 111 Å². The molecule has 0 spiro atoms. The zero-order valence-corrected chi connectivity index (χ0v) is 11.5. The highest BCUT2D eigenvalue weighted by Gasteiger charge is 2.27. The predicted octanol–water partition coefficient (Wildman–Crippen LogP) is 0.218. The summed E-state index contributed by atoms with van der Waals surface area (Å²) in [5.74, 6) is 0.000497. The van der Waals surface area contributed by atoms with Gasteiger partial charge in [0, 0.05) is 33.0 Å². The van der Waals surface area contributed by atoms with Crippen molar-refractivity contribution >= 4 is 15.8 Å². The molecule has 0 atom stereocenters. The van der Waals surface area contributed by atoms with E-state index in [4.69, 9.17) is 5.73 Å². The third-order valence-corrected chi connectivity index (χ3v) is 4.63. The number of imidazole rings is 1. The lowest BCUT2D eigenvalue weighted by molar-refractivity contribution is 0.460. The number of nitrogens with two attached hydrogens (primary N) is 1. The molecule has 102 valence electrons. The van der Waals surface area contributed by atoms with Gasteiger partial charge in [-0.15, -0.1) is 0 Å². The molecule has 0 fully saturated rings. The smallest absolute Gasteiger partial charge is 0.262 e. The van der Waals surface area contributed by atoms with Crippen molar-refractivity contribution in [1.82, 2.24) is 18.8 Å². The molecule has 0 saturated carbocycles. The molecule has 0 unspecified atom stereocenters. The van der Waals surface area contributed by atoms with Crippen molar-refractivity contribution in [2.24, 2.45) is 7.05 Å². The van der Waals surface area contributed by atoms with Crippen molar-refractivity contribution in [2.45, 2.75) is 11.6 Å². The SMILES string of the molecule is CN(Cc1cccnc1)S(=O)(=O)c1c(N)ncn1C. The molecule has 7 nitrogen and oxygen atoms in total. The molecule has 2 rings (SSSR count). The largest absolute Gasteiger partial charge is 0.381 e. The Hall–Kier alpha value is -1.93. The van der Waals surface area contributed by atoms with E-state index in [9.17, 15) is 8.42 Å². The summed E-state index contributed by atoms with van der Waals surface area (Å²) in [5, 5.41) is -0.00103. The first kappa shape index (κ1) is 13.5. The van der Waals surface area contributed by atoms with Crippen molar-refractivity contribution in [2.75, 3.05) is 12.8 Å². The average molecular weight is 281 g/mol. The second-order valence-electron chi connectivity index (χ2n) is 4.17. The number of anilines is 1. The summed E-state index contributed by atoms with van der Waals surface area (Å²) in [6, 6.07) is 3.57. The number of hydrogen-bond donors (Lipinski definition) is 1. The van der Waals surface area contributed by atoms with E-state index >= 15 is 0 Å². The minimum Gasteiger partial charge on any atom is -0.381 e.